The van der Waals surface area contributed by atoms with Crippen LogP contribution in [0.1, 0.15) is 18.2 Å². The molecule has 0 aromatic carbocycles. The van der Waals surface area contributed by atoms with Crippen molar-refractivity contribution in [1.29, 1.82) is 0 Å². The van der Waals surface area contributed by atoms with Crippen LogP contribution in [0, 0.1) is 6.92 Å². The second-order valence-corrected chi connectivity index (χ2v) is 5.46. The molecule has 0 aliphatic carbocycles. The average Bonchev–Trinajstić information content (AvgIpc) is 2.75. The largest absolute Gasteiger partial charge is 0.378 e. The molecule has 0 bridgehead atoms. The van der Waals surface area contributed by atoms with Gasteiger partial charge in [0.2, 0.25) is 0 Å². The Bertz CT molecular complexity index is 604. The second kappa shape index (κ2) is 5.09. The number of fused-ring (bicyclic) bond motifs is 1. The van der Waals surface area contributed by atoms with Crippen LogP contribution in [0.15, 0.2) is 10.7 Å². The fourth-order valence-electron chi connectivity index (χ4n) is 2.36. The molecule has 3 heterocycles. The molecule has 5 nitrogen and oxygen atoms in total. The fourth-order valence-corrected chi connectivity index (χ4v) is 2.69. The summed E-state index contributed by atoms with van der Waals surface area (Å²) in [5.41, 5.74) is 3.15. The summed E-state index contributed by atoms with van der Waals surface area (Å²) < 4.78 is 8.23. The van der Waals surface area contributed by atoms with Crippen molar-refractivity contribution in [3.8, 4) is 0 Å². The molecule has 0 atom stereocenters. The first kappa shape index (κ1) is 12.9. The molecule has 1 saturated heterocycles. The normalized spacial score (nSPS) is 16.3. The minimum atomic E-state index is 0.769. The third-order valence-corrected chi connectivity index (χ3v) is 4.38. The molecule has 0 unspecified atom stereocenters. The van der Waals surface area contributed by atoms with Gasteiger partial charge < -0.3 is 9.64 Å². The van der Waals surface area contributed by atoms with Gasteiger partial charge in [-0.15, -0.1) is 5.10 Å². The quantitative estimate of drug-likeness (QED) is 0.849. The summed E-state index contributed by atoms with van der Waals surface area (Å²) in [5, 5.41) is 4.71. The van der Waals surface area contributed by atoms with Crippen molar-refractivity contribution in [2.24, 2.45) is 0 Å². The molecular formula is C13H17BrN4O. The van der Waals surface area contributed by atoms with Gasteiger partial charge in [0.15, 0.2) is 5.65 Å². The molecule has 102 valence electrons. The van der Waals surface area contributed by atoms with E-state index in [1.807, 2.05) is 11.4 Å². The number of hydrogen-bond acceptors (Lipinski definition) is 4. The molecule has 0 N–H and O–H groups in total. The summed E-state index contributed by atoms with van der Waals surface area (Å²) in [6, 6.07) is 2.15. The zero-order chi connectivity index (χ0) is 13.4. The van der Waals surface area contributed by atoms with Crippen LogP contribution < -0.4 is 4.90 Å². The van der Waals surface area contributed by atoms with E-state index >= 15 is 0 Å². The molecule has 19 heavy (non-hydrogen) atoms. The lowest BCUT2D eigenvalue weighted by atomic mass is 10.2. The van der Waals surface area contributed by atoms with Crippen LogP contribution in [0.4, 0.5) is 5.82 Å². The van der Waals surface area contributed by atoms with E-state index in [4.69, 9.17) is 9.84 Å². The summed E-state index contributed by atoms with van der Waals surface area (Å²) in [4.78, 5) is 6.85. The van der Waals surface area contributed by atoms with Gasteiger partial charge in [0.1, 0.15) is 10.4 Å². The van der Waals surface area contributed by atoms with Gasteiger partial charge in [0, 0.05) is 18.7 Å². The van der Waals surface area contributed by atoms with E-state index in [0.717, 1.165) is 54.5 Å². The van der Waals surface area contributed by atoms with E-state index in [1.54, 1.807) is 0 Å². The minimum absolute atomic E-state index is 0.769. The summed E-state index contributed by atoms with van der Waals surface area (Å²) >= 11 is 3.57. The number of nitrogens with zero attached hydrogens (tertiary/aromatic N) is 4. The van der Waals surface area contributed by atoms with Crippen molar-refractivity contribution in [2.75, 3.05) is 31.2 Å². The van der Waals surface area contributed by atoms with Gasteiger partial charge in [-0.3, -0.25) is 0 Å². The van der Waals surface area contributed by atoms with Crippen molar-refractivity contribution in [3.05, 3.63) is 21.9 Å². The summed E-state index contributed by atoms with van der Waals surface area (Å²) in [6.07, 6.45) is 0.951. The molecule has 2 aromatic rings. The van der Waals surface area contributed by atoms with Crippen molar-refractivity contribution in [3.63, 3.8) is 0 Å². The molecule has 0 saturated carbocycles. The first-order valence-corrected chi connectivity index (χ1v) is 7.37. The van der Waals surface area contributed by atoms with Gasteiger partial charge in [0.25, 0.3) is 0 Å². The van der Waals surface area contributed by atoms with Crippen molar-refractivity contribution < 1.29 is 4.74 Å². The Morgan fingerprint density at radius 2 is 2.11 bits per heavy atom. The van der Waals surface area contributed by atoms with Crippen LogP contribution in [0.5, 0.6) is 0 Å². The van der Waals surface area contributed by atoms with E-state index in [-0.39, 0.29) is 0 Å². The predicted molar refractivity (Wildman–Crippen MR) is 77.8 cm³/mol. The van der Waals surface area contributed by atoms with E-state index in [2.05, 4.69) is 38.8 Å². The Labute approximate surface area is 120 Å². The highest BCUT2D eigenvalue weighted by Gasteiger charge is 2.17. The number of ether oxygens (including phenoxy) is 1. The fraction of sp³-hybridized carbons (Fsp3) is 0.538. The summed E-state index contributed by atoms with van der Waals surface area (Å²) in [5.74, 6) is 1.01. The van der Waals surface area contributed by atoms with Crippen LogP contribution in [-0.4, -0.2) is 40.9 Å². The van der Waals surface area contributed by atoms with E-state index in [1.165, 1.54) is 5.56 Å². The van der Waals surface area contributed by atoms with Gasteiger partial charge in [-0.1, -0.05) is 6.92 Å². The Morgan fingerprint density at radius 1 is 1.37 bits per heavy atom. The van der Waals surface area contributed by atoms with Gasteiger partial charge in [-0.2, -0.15) is 0 Å². The zero-order valence-corrected chi connectivity index (χ0v) is 12.8. The summed E-state index contributed by atoms with van der Waals surface area (Å²) in [7, 11) is 0. The van der Waals surface area contributed by atoms with Gasteiger partial charge in [-0.25, -0.2) is 9.50 Å². The van der Waals surface area contributed by atoms with Crippen molar-refractivity contribution >= 4 is 27.4 Å². The van der Waals surface area contributed by atoms with Gasteiger partial charge >= 0.3 is 0 Å². The van der Waals surface area contributed by atoms with Gasteiger partial charge in [-0.05, 0) is 35.3 Å². The van der Waals surface area contributed by atoms with Gasteiger partial charge in [0.05, 0.1) is 18.9 Å². The number of aryl methyl sites for hydroxylation is 2. The molecule has 0 spiro atoms. The maximum Gasteiger partial charge on any atom is 0.158 e. The average molecular weight is 325 g/mol. The third kappa shape index (κ3) is 2.23. The van der Waals surface area contributed by atoms with Crippen molar-refractivity contribution in [2.45, 2.75) is 20.3 Å². The Kier molecular flexibility index (Phi) is 3.45. The van der Waals surface area contributed by atoms with E-state index < -0.39 is 0 Å². The Balaban J connectivity index is 2.12. The number of imidazole rings is 1. The van der Waals surface area contributed by atoms with E-state index in [0.29, 0.717) is 0 Å². The first-order valence-electron chi connectivity index (χ1n) is 6.58. The number of anilines is 1. The number of halogens is 1. The monoisotopic (exact) mass is 324 g/mol. The SMILES string of the molecule is CCc1cc(N2CCOCC2)nn2c(Br)c(C)nc12. The molecule has 1 fully saturated rings. The number of aromatic nitrogens is 3. The van der Waals surface area contributed by atoms with Crippen LogP contribution in [-0.2, 0) is 11.2 Å². The predicted octanol–water partition coefficient (Wildman–Crippen LogP) is 2.20. The second-order valence-electron chi connectivity index (χ2n) is 4.70. The molecule has 6 heteroatoms. The highest BCUT2D eigenvalue weighted by molar-refractivity contribution is 9.10. The lowest BCUT2D eigenvalue weighted by molar-refractivity contribution is 0.122. The van der Waals surface area contributed by atoms with Crippen molar-refractivity contribution in [1.82, 2.24) is 14.6 Å². The first-order chi connectivity index (χ1) is 9.20. The molecule has 2 aromatic heterocycles. The molecule has 1 aliphatic heterocycles. The molecular weight excluding hydrogens is 308 g/mol. The Hall–Kier alpha value is -1.14. The zero-order valence-electron chi connectivity index (χ0n) is 11.2. The molecule has 1 aliphatic rings. The molecule has 3 rings (SSSR count). The maximum absolute atomic E-state index is 5.40. The van der Waals surface area contributed by atoms with Crippen LogP contribution in [0.2, 0.25) is 0 Å². The summed E-state index contributed by atoms with van der Waals surface area (Å²) in [6.45, 7) is 7.47. The van der Waals surface area contributed by atoms with Crippen LogP contribution in [0.25, 0.3) is 5.65 Å². The highest BCUT2D eigenvalue weighted by atomic mass is 79.9. The lowest BCUT2D eigenvalue weighted by Crippen LogP contribution is -2.37. The minimum Gasteiger partial charge on any atom is -0.378 e. The maximum atomic E-state index is 5.40. The Morgan fingerprint density at radius 3 is 2.79 bits per heavy atom. The lowest BCUT2D eigenvalue weighted by Gasteiger charge is -2.28. The highest BCUT2D eigenvalue weighted by Crippen LogP contribution is 2.24. The number of rotatable bonds is 2. The molecule has 0 amide bonds. The number of morpholine rings is 1. The number of hydrogen-bond donors (Lipinski definition) is 0. The third-order valence-electron chi connectivity index (χ3n) is 3.47. The smallest absolute Gasteiger partial charge is 0.158 e. The van der Waals surface area contributed by atoms with E-state index in [9.17, 15) is 0 Å². The standard InChI is InChI=1S/C13H17BrN4O/c1-3-10-8-11(17-4-6-19-7-5-17)16-18-12(14)9(2)15-13(10)18/h8H,3-7H2,1-2H3. The molecule has 0 radical (unpaired) electrons. The van der Waals surface area contributed by atoms with Crippen LogP contribution >= 0.6 is 15.9 Å². The van der Waals surface area contributed by atoms with Crippen LogP contribution in [0.3, 0.4) is 0 Å². The topological polar surface area (TPSA) is 42.7 Å².